The van der Waals surface area contributed by atoms with Gasteiger partial charge in [-0.1, -0.05) is 32.1 Å². The molecule has 1 aliphatic heterocycles. The maximum absolute atomic E-state index is 13.0. The number of piperidine rings is 1. The van der Waals surface area contributed by atoms with Crippen LogP contribution < -0.4 is 14.8 Å². The summed E-state index contributed by atoms with van der Waals surface area (Å²) in [7, 11) is -1.58. The van der Waals surface area contributed by atoms with Crippen LogP contribution in [0.3, 0.4) is 0 Å². The smallest absolute Gasteiger partial charge is 0.415 e. The lowest BCUT2D eigenvalue weighted by molar-refractivity contribution is -0.121. The summed E-state index contributed by atoms with van der Waals surface area (Å²) in [6.07, 6.45) is 9.26. The molecule has 0 spiro atoms. The lowest BCUT2D eigenvalue weighted by Crippen LogP contribution is -2.49. The zero-order chi connectivity index (χ0) is 27.4. The number of likely N-dealkylation sites (N-methyl/N-ethyl adjacent to an activating group) is 1. The molecule has 1 fully saturated rings. The van der Waals surface area contributed by atoms with E-state index in [0.29, 0.717) is 37.6 Å². The molecule has 11 heteroatoms. The van der Waals surface area contributed by atoms with E-state index in [1.165, 1.54) is 19.1 Å². The second kappa shape index (κ2) is 15.1. The first-order valence-corrected chi connectivity index (χ1v) is 14.4. The van der Waals surface area contributed by atoms with Crippen molar-refractivity contribution in [1.29, 1.82) is 0 Å². The predicted octanol–water partition coefficient (Wildman–Crippen LogP) is 4.46. The fourth-order valence-electron chi connectivity index (χ4n) is 4.11. The minimum absolute atomic E-state index is 0.0151. The van der Waals surface area contributed by atoms with Gasteiger partial charge in [0.25, 0.3) is 0 Å². The van der Waals surface area contributed by atoms with E-state index in [9.17, 15) is 23.9 Å². The topological polar surface area (TPSA) is 129 Å². The van der Waals surface area contributed by atoms with Crippen molar-refractivity contribution in [3.05, 3.63) is 35.9 Å². The Balaban J connectivity index is 1.90. The molecular formula is C26H42N3O7P. The Morgan fingerprint density at radius 2 is 2.00 bits per heavy atom. The molecule has 2 amide bonds. The number of allylic oxidation sites excluding steroid dienone is 2. The molecular weight excluding hydrogens is 497 g/mol. The highest BCUT2D eigenvalue weighted by atomic mass is 31.2. The number of nitrogens with one attached hydrogen (secondary N) is 1. The van der Waals surface area contributed by atoms with Crippen molar-refractivity contribution in [2.24, 2.45) is 5.92 Å². The summed E-state index contributed by atoms with van der Waals surface area (Å²) in [5, 5.41) is 2.91. The molecule has 2 rings (SSSR count). The highest BCUT2D eigenvalue weighted by molar-refractivity contribution is 7.49. The second-order valence-corrected chi connectivity index (χ2v) is 11.5. The van der Waals surface area contributed by atoms with Gasteiger partial charge in [-0.2, -0.15) is 0 Å². The monoisotopic (exact) mass is 539 g/mol. The number of hydrogen-bond donors (Lipinski definition) is 3. The quantitative estimate of drug-likeness (QED) is 0.190. The van der Waals surface area contributed by atoms with Crippen molar-refractivity contribution in [2.75, 3.05) is 27.2 Å². The molecule has 10 nitrogen and oxygen atoms in total. The first-order valence-electron chi connectivity index (χ1n) is 12.9. The molecule has 1 aliphatic rings. The summed E-state index contributed by atoms with van der Waals surface area (Å²) >= 11 is 0. The van der Waals surface area contributed by atoms with Gasteiger partial charge in [-0.3, -0.25) is 4.79 Å². The molecule has 1 saturated heterocycles. The summed E-state index contributed by atoms with van der Waals surface area (Å²) in [6.45, 7) is 5.09. The van der Waals surface area contributed by atoms with Gasteiger partial charge in [-0.25, -0.2) is 14.0 Å². The fourth-order valence-corrected chi connectivity index (χ4v) is 4.51. The third-order valence-corrected chi connectivity index (χ3v) is 7.29. The van der Waals surface area contributed by atoms with Crippen molar-refractivity contribution in [3.63, 3.8) is 0 Å². The molecule has 0 saturated carbocycles. The molecule has 1 aromatic rings. The lowest BCUT2D eigenvalue weighted by Gasteiger charge is -2.37. The van der Waals surface area contributed by atoms with Gasteiger partial charge in [0, 0.05) is 32.1 Å². The number of amides is 2. The Bertz CT molecular complexity index is 963. The average molecular weight is 540 g/mol. The highest BCUT2D eigenvalue weighted by Gasteiger charge is 2.33. The molecule has 1 heterocycles. The molecule has 1 atom stereocenters. The third kappa shape index (κ3) is 10.9. The van der Waals surface area contributed by atoms with Crippen LogP contribution in [-0.2, 0) is 15.9 Å². The molecule has 0 radical (unpaired) electrons. The van der Waals surface area contributed by atoms with E-state index in [4.69, 9.17) is 9.47 Å². The number of rotatable bonds is 13. The Morgan fingerprint density at radius 3 is 2.68 bits per heavy atom. The third-order valence-electron chi connectivity index (χ3n) is 6.24. The zero-order valence-electron chi connectivity index (χ0n) is 22.4. The van der Waals surface area contributed by atoms with Crippen LogP contribution in [0.1, 0.15) is 64.4 Å². The van der Waals surface area contributed by atoms with Crippen molar-refractivity contribution in [1.82, 2.24) is 14.9 Å². The molecule has 0 aliphatic carbocycles. The van der Waals surface area contributed by atoms with E-state index in [2.05, 4.69) is 31.3 Å². The Kier molecular flexibility index (Phi) is 12.6. The minimum Gasteiger partial charge on any atom is -0.493 e. The molecule has 0 aromatic heterocycles. The number of benzene rings is 1. The van der Waals surface area contributed by atoms with Crippen LogP contribution in [0.2, 0.25) is 0 Å². The molecule has 37 heavy (non-hydrogen) atoms. The number of ether oxygens (including phenoxy) is 2. The number of carbonyl (C=O) groups excluding carboxylic acids is 2. The normalized spacial score (nSPS) is 16.4. The number of nitrogens with zero attached hydrogens (tertiary/aromatic N) is 2. The maximum Gasteiger partial charge on any atom is 0.415 e. The van der Waals surface area contributed by atoms with Gasteiger partial charge in [-0.15, -0.1) is 0 Å². The van der Waals surface area contributed by atoms with E-state index < -0.39 is 13.8 Å². The van der Waals surface area contributed by atoms with E-state index >= 15 is 0 Å². The van der Waals surface area contributed by atoms with Crippen molar-refractivity contribution >= 4 is 19.7 Å². The second-order valence-electron chi connectivity index (χ2n) is 9.74. The standard InChI is InChI=1S/C26H42N3O7P/c1-20(2)11-7-5-6-8-13-25(30)27-18-21-14-15-23(24(17-21)35-4)36-26(31)29-16-10-9-12-22(29)19-28(3)37(32,33)34/h7,11,14-15,17,20,22H,5-6,8-10,12-13,16,18-19H2,1-4H3,(H,27,30)(H2,32,33,34)/b11-7+. The van der Waals surface area contributed by atoms with E-state index in [-0.39, 0.29) is 24.2 Å². The first kappa shape index (κ1) is 30.8. The van der Waals surface area contributed by atoms with Crippen LogP contribution in [0.15, 0.2) is 30.4 Å². The van der Waals surface area contributed by atoms with E-state index in [1.54, 1.807) is 18.2 Å². The van der Waals surface area contributed by atoms with E-state index in [0.717, 1.165) is 42.3 Å². The number of carbonyl (C=O) groups is 2. The Morgan fingerprint density at radius 1 is 1.24 bits per heavy atom. The number of likely N-dealkylation sites (tertiary alicyclic amines) is 1. The largest absolute Gasteiger partial charge is 0.493 e. The number of hydrogen-bond acceptors (Lipinski definition) is 5. The Labute approximate surface area is 220 Å². The summed E-state index contributed by atoms with van der Waals surface area (Å²) in [5.74, 6) is 1.13. The predicted molar refractivity (Wildman–Crippen MR) is 142 cm³/mol. The summed E-state index contributed by atoms with van der Waals surface area (Å²) in [5.41, 5.74) is 0.809. The summed E-state index contributed by atoms with van der Waals surface area (Å²) in [4.78, 5) is 45.4. The summed E-state index contributed by atoms with van der Waals surface area (Å²) in [6, 6.07) is 4.73. The van der Waals surface area contributed by atoms with Gasteiger partial charge < -0.3 is 29.5 Å². The SMILES string of the molecule is COc1cc(CNC(=O)CCCC/C=C/C(C)C)ccc1OC(=O)N1CCCCC1CN(C)P(=O)(O)O. The zero-order valence-corrected chi connectivity index (χ0v) is 23.3. The van der Waals surface area contributed by atoms with Gasteiger partial charge in [0.05, 0.1) is 7.11 Å². The molecule has 0 bridgehead atoms. The van der Waals surface area contributed by atoms with Crippen LogP contribution in [0.5, 0.6) is 11.5 Å². The Hall–Kier alpha value is -2.39. The van der Waals surface area contributed by atoms with Gasteiger partial charge in [0.1, 0.15) is 0 Å². The van der Waals surface area contributed by atoms with Crippen LogP contribution in [-0.4, -0.2) is 64.6 Å². The molecule has 1 aromatic carbocycles. The minimum atomic E-state index is -4.39. The fraction of sp³-hybridized carbons (Fsp3) is 0.615. The number of methoxy groups -OCH3 is 1. The lowest BCUT2D eigenvalue weighted by atomic mass is 10.0. The molecule has 1 unspecified atom stereocenters. The van der Waals surface area contributed by atoms with Gasteiger partial charge in [0.15, 0.2) is 11.5 Å². The molecule has 3 N–H and O–H groups in total. The van der Waals surface area contributed by atoms with Crippen molar-refractivity contribution in [3.8, 4) is 11.5 Å². The van der Waals surface area contributed by atoms with Crippen LogP contribution in [0.25, 0.3) is 0 Å². The van der Waals surface area contributed by atoms with Gasteiger partial charge >= 0.3 is 13.8 Å². The van der Waals surface area contributed by atoms with Crippen LogP contribution in [0, 0.1) is 5.92 Å². The first-order chi connectivity index (χ1) is 17.5. The van der Waals surface area contributed by atoms with Gasteiger partial charge in [-0.05, 0) is 69.2 Å². The van der Waals surface area contributed by atoms with E-state index in [1.807, 2.05) is 0 Å². The van der Waals surface area contributed by atoms with Crippen LogP contribution >= 0.6 is 7.75 Å². The highest BCUT2D eigenvalue weighted by Crippen LogP contribution is 2.39. The summed E-state index contributed by atoms with van der Waals surface area (Å²) < 4.78 is 23.5. The molecule has 208 valence electrons. The maximum atomic E-state index is 13.0. The van der Waals surface area contributed by atoms with Crippen molar-refractivity contribution < 1.29 is 33.4 Å². The van der Waals surface area contributed by atoms with Crippen molar-refractivity contribution in [2.45, 2.75) is 71.4 Å². The van der Waals surface area contributed by atoms with Crippen LogP contribution in [0.4, 0.5) is 4.79 Å². The average Bonchev–Trinajstić information content (AvgIpc) is 2.84. The number of unbranched alkanes of at least 4 members (excludes halogenated alkanes) is 2. The van der Waals surface area contributed by atoms with Gasteiger partial charge in [0.2, 0.25) is 5.91 Å².